The Morgan fingerprint density at radius 3 is 2.65 bits per heavy atom. The number of unbranched alkanes of at least 4 members (excludes halogenated alkanes) is 1. The Labute approximate surface area is 155 Å². The fraction of sp³-hybridized carbons (Fsp3) is 0.333. The largest absolute Gasteiger partial charge is 0.394 e. The van der Waals surface area contributed by atoms with Gasteiger partial charge in [-0.1, -0.05) is 24.9 Å². The Bertz CT molecular complexity index is 1050. The molecule has 134 valence electrons. The maximum absolute atomic E-state index is 9.18. The molecule has 26 heavy (non-hydrogen) atoms. The van der Waals surface area contributed by atoms with Crippen molar-refractivity contribution >= 4 is 28.3 Å². The third-order valence-corrected chi connectivity index (χ3v) is 4.51. The molecule has 3 aromatic heterocycles. The van der Waals surface area contributed by atoms with Gasteiger partial charge in [-0.15, -0.1) is 5.10 Å². The maximum atomic E-state index is 9.18. The number of aliphatic hydroxyl groups excluding tert-OH is 1. The molecule has 0 saturated heterocycles. The van der Waals surface area contributed by atoms with Crippen LogP contribution in [0.1, 0.15) is 25.6 Å². The second kappa shape index (κ2) is 7.01. The number of aryl methyl sites for hydroxylation is 1. The minimum Gasteiger partial charge on any atom is -0.394 e. The first kappa shape index (κ1) is 16.9. The molecule has 0 atom stereocenters. The predicted octanol–water partition coefficient (Wildman–Crippen LogP) is 3.13. The van der Waals surface area contributed by atoms with Gasteiger partial charge in [-0.3, -0.25) is 4.68 Å². The second-order valence-corrected chi connectivity index (χ2v) is 6.60. The number of halogens is 1. The van der Waals surface area contributed by atoms with Crippen LogP contribution in [0.15, 0.2) is 30.5 Å². The van der Waals surface area contributed by atoms with E-state index in [1.54, 1.807) is 4.68 Å². The van der Waals surface area contributed by atoms with Gasteiger partial charge in [0.05, 0.1) is 18.5 Å². The zero-order valence-corrected chi connectivity index (χ0v) is 15.2. The Hall–Kier alpha value is -2.51. The Morgan fingerprint density at radius 1 is 1.12 bits per heavy atom. The van der Waals surface area contributed by atoms with Gasteiger partial charge in [0.1, 0.15) is 5.82 Å². The highest BCUT2D eigenvalue weighted by Gasteiger charge is 2.16. The number of aliphatic hydroxyl groups is 1. The van der Waals surface area contributed by atoms with E-state index in [4.69, 9.17) is 21.6 Å². The summed E-state index contributed by atoms with van der Waals surface area (Å²) in [4.78, 5) is 9.43. The van der Waals surface area contributed by atoms with Gasteiger partial charge < -0.3 is 5.11 Å². The quantitative estimate of drug-likeness (QED) is 0.564. The lowest BCUT2D eigenvalue weighted by Crippen LogP contribution is -2.04. The van der Waals surface area contributed by atoms with Gasteiger partial charge in [0.15, 0.2) is 17.1 Å². The van der Waals surface area contributed by atoms with Crippen LogP contribution in [0.2, 0.25) is 5.02 Å². The van der Waals surface area contributed by atoms with Crippen LogP contribution < -0.4 is 0 Å². The average Bonchev–Trinajstić information content (AvgIpc) is 3.24. The smallest absolute Gasteiger partial charge is 0.186 e. The van der Waals surface area contributed by atoms with Crippen LogP contribution in [0, 0.1) is 0 Å². The minimum atomic E-state index is 0.0235. The minimum absolute atomic E-state index is 0.0235. The fourth-order valence-electron chi connectivity index (χ4n) is 2.92. The van der Waals surface area contributed by atoms with Gasteiger partial charge in [-0.25, -0.2) is 9.97 Å². The highest BCUT2D eigenvalue weighted by molar-refractivity contribution is 6.30. The third-order valence-electron chi connectivity index (χ3n) is 4.26. The van der Waals surface area contributed by atoms with E-state index in [1.165, 1.54) is 0 Å². The lowest BCUT2D eigenvalue weighted by molar-refractivity contribution is 0.270. The van der Waals surface area contributed by atoms with Gasteiger partial charge >= 0.3 is 0 Å². The second-order valence-electron chi connectivity index (χ2n) is 6.16. The molecule has 0 fully saturated rings. The van der Waals surface area contributed by atoms with E-state index < -0.39 is 0 Å². The summed E-state index contributed by atoms with van der Waals surface area (Å²) in [6.45, 7) is 2.59. The first-order valence-electron chi connectivity index (χ1n) is 8.69. The van der Waals surface area contributed by atoms with E-state index in [2.05, 4.69) is 17.1 Å². The van der Waals surface area contributed by atoms with Crippen molar-refractivity contribution < 1.29 is 5.11 Å². The summed E-state index contributed by atoms with van der Waals surface area (Å²) < 4.78 is 3.50. The molecule has 0 aliphatic rings. The number of aromatic nitrogens is 6. The molecule has 4 rings (SSSR count). The van der Waals surface area contributed by atoms with Gasteiger partial charge in [-0.2, -0.15) is 9.61 Å². The summed E-state index contributed by atoms with van der Waals surface area (Å²) in [5, 5.41) is 19.8. The van der Waals surface area contributed by atoms with Crippen molar-refractivity contribution in [3.05, 3.63) is 41.3 Å². The predicted molar refractivity (Wildman–Crippen MR) is 100 cm³/mol. The van der Waals surface area contributed by atoms with Crippen LogP contribution in [0.25, 0.3) is 28.1 Å². The molecule has 0 unspecified atom stereocenters. The van der Waals surface area contributed by atoms with Crippen LogP contribution in [-0.2, 0) is 13.0 Å². The summed E-state index contributed by atoms with van der Waals surface area (Å²) in [7, 11) is 0. The van der Waals surface area contributed by atoms with Crippen LogP contribution in [-0.4, -0.2) is 41.1 Å². The summed E-state index contributed by atoms with van der Waals surface area (Å²) in [6, 6.07) is 7.46. The topological polar surface area (TPSA) is 81.1 Å². The molecule has 1 N–H and O–H groups in total. The molecule has 0 aliphatic carbocycles. The van der Waals surface area contributed by atoms with Gasteiger partial charge in [0.25, 0.3) is 0 Å². The SMILES string of the molecule is CCCCc1nc2nn(CCO)cc2c2nc(-c3ccc(Cl)cc3)nn12. The van der Waals surface area contributed by atoms with Crippen molar-refractivity contribution in [1.82, 2.24) is 29.4 Å². The molecule has 7 nitrogen and oxygen atoms in total. The van der Waals surface area contributed by atoms with Gasteiger partial charge in [0.2, 0.25) is 0 Å². The van der Waals surface area contributed by atoms with Gasteiger partial charge in [-0.05, 0) is 30.7 Å². The first-order chi connectivity index (χ1) is 12.7. The van der Waals surface area contributed by atoms with E-state index in [1.807, 2.05) is 35.0 Å². The highest BCUT2D eigenvalue weighted by atomic mass is 35.5. The monoisotopic (exact) mass is 370 g/mol. The van der Waals surface area contributed by atoms with E-state index in [0.29, 0.717) is 23.0 Å². The highest BCUT2D eigenvalue weighted by Crippen LogP contribution is 2.23. The van der Waals surface area contributed by atoms with Crippen molar-refractivity contribution in [1.29, 1.82) is 0 Å². The summed E-state index contributed by atoms with van der Waals surface area (Å²) in [5.74, 6) is 1.47. The van der Waals surface area contributed by atoms with E-state index >= 15 is 0 Å². The standard InChI is InChI=1S/C18H19ClN6O/c1-2-3-4-15-20-17-14(11-24(22-17)9-10-26)18-21-16(23-25(15)18)12-5-7-13(19)8-6-12/h5-8,11,26H,2-4,9-10H2,1H3. The van der Waals surface area contributed by atoms with Crippen molar-refractivity contribution in [2.24, 2.45) is 0 Å². The van der Waals surface area contributed by atoms with E-state index in [9.17, 15) is 5.11 Å². The van der Waals surface area contributed by atoms with Crippen LogP contribution in [0.3, 0.4) is 0 Å². The zero-order valence-electron chi connectivity index (χ0n) is 14.4. The zero-order chi connectivity index (χ0) is 18.1. The summed E-state index contributed by atoms with van der Waals surface area (Å²) >= 11 is 5.98. The third kappa shape index (κ3) is 3.04. The summed E-state index contributed by atoms with van der Waals surface area (Å²) in [5.41, 5.74) is 2.26. The molecular formula is C18H19ClN6O. The maximum Gasteiger partial charge on any atom is 0.186 e. The number of fused-ring (bicyclic) bond motifs is 3. The normalized spacial score (nSPS) is 11.7. The number of hydrogen-bond donors (Lipinski definition) is 1. The lowest BCUT2D eigenvalue weighted by atomic mass is 10.2. The van der Waals surface area contributed by atoms with Crippen molar-refractivity contribution in [3.63, 3.8) is 0 Å². The molecule has 0 amide bonds. The van der Waals surface area contributed by atoms with E-state index in [0.717, 1.165) is 41.7 Å². The molecule has 0 aliphatic heterocycles. The van der Waals surface area contributed by atoms with Crippen molar-refractivity contribution in [3.8, 4) is 11.4 Å². The van der Waals surface area contributed by atoms with Crippen LogP contribution >= 0.6 is 11.6 Å². The van der Waals surface area contributed by atoms with Crippen molar-refractivity contribution in [2.75, 3.05) is 6.61 Å². The molecule has 8 heteroatoms. The van der Waals surface area contributed by atoms with Crippen LogP contribution in [0.4, 0.5) is 0 Å². The lowest BCUT2D eigenvalue weighted by Gasteiger charge is -2.02. The number of nitrogens with zero attached hydrogens (tertiary/aromatic N) is 6. The van der Waals surface area contributed by atoms with Gasteiger partial charge in [0, 0.05) is 23.2 Å². The molecular weight excluding hydrogens is 352 g/mol. The van der Waals surface area contributed by atoms with Crippen LogP contribution in [0.5, 0.6) is 0 Å². The molecule has 4 aromatic rings. The number of benzene rings is 1. The first-order valence-corrected chi connectivity index (χ1v) is 9.07. The van der Waals surface area contributed by atoms with E-state index in [-0.39, 0.29) is 6.61 Å². The summed E-state index contributed by atoms with van der Waals surface area (Å²) in [6.07, 6.45) is 4.75. The molecule has 0 bridgehead atoms. The number of rotatable bonds is 6. The molecule has 0 saturated carbocycles. The van der Waals surface area contributed by atoms with Crippen molar-refractivity contribution in [2.45, 2.75) is 32.7 Å². The molecule has 3 heterocycles. The Morgan fingerprint density at radius 2 is 1.92 bits per heavy atom. The number of hydrogen-bond acceptors (Lipinski definition) is 5. The average molecular weight is 371 g/mol. The fourth-order valence-corrected chi connectivity index (χ4v) is 3.05. The Balaban J connectivity index is 1.91. The molecule has 1 aromatic carbocycles. The molecule has 0 spiro atoms. The Kier molecular flexibility index (Phi) is 4.57. The molecule has 0 radical (unpaired) electrons.